The normalized spacial score (nSPS) is 28.1. The summed E-state index contributed by atoms with van der Waals surface area (Å²) < 4.78 is 0. The van der Waals surface area contributed by atoms with Crippen LogP contribution in [0, 0.1) is 5.41 Å². The van der Waals surface area contributed by atoms with Crippen molar-refractivity contribution in [2.45, 2.75) is 25.9 Å². The van der Waals surface area contributed by atoms with E-state index < -0.39 is 16.8 Å². The van der Waals surface area contributed by atoms with Crippen LogP contribution in [0.4, 0.5) is 0 Å². The maximum absolute atomic E-state index is 11.4. The van der Waals surface area contributed by atoms with Gasteiger partial charge in [-0.3, -0.25) is 4.79 Å². The van der Waals surface area contributed by atoms with E-state index in [0.717, 1.165) is 0 Å². The number of rotatable bonds is 4. The SMILES string of the molecule is CC(=O)[C@](C)(O)[C@@]1(C=O)C=CC(CO)=CC1. The molecule has 0 aromatic heterocycles. The van der Waals surface area contributed by atoms with E-state index in [4.69, 9.17) is 5.11 Å². The summed E-state index contributed by atoms with van der Waals surface area (Å²) in [6, 6.07) is 0. The van der Waals surface area contributed by atoms with Gasteiger partial charge >= 0.3 is 0 Å². The number of aliphatic hydroxyl groups excluding tert-OH is 1. The number of ketones is 1. The average Bonchev–Trinajstić information content (AvgIpc) is 2.28. The van der Waals surface area contributed by atoms with E-state index in [1.165, 1.54) is 19.9 Å². The Balaban J connectivity index is 3.09. The van der Waals surface area contributed by atoms with E-state index >= 15 is 0 Å². The first-order chi connectivity index (χ1) is 7.39. The predicted octanol–water partition coefficient (Wildman–Crippen LogP) is 0.390. The molecule has 0 spiro atoms. The lowest BCUT2D eigenvalue weighted by atomic mass is 9.67. The lowest BCUT2D eigenvalue weighted by Gasteiger charge is -2.38. The number of Topliss-reactive ketones (excluding diaryl/α,β-unsaturated/α-hetero) is 1. The second-order valence-electron chi connectivity index (χ2n) is 4.26. The Morgan fingerprint density at radius 3 is 2.62 bits per heavy atom. The molecular formula is C12H16O4. The van der Waals surface area contributed by atoms with Crippen molar-refractivity contribution in [2.24, 2.45) is 5.41 Å². The highest BCUT2D eigenvalue weighted by molar-refractivity contribution is 5.90. The first-order valence-electron chi connectivity index (χ1n) is 5.08. The molecule has 1 aliphatic carbocycles. The van der Waals surface area contributed by atoms with Gasteiger partial charge in [0.1, 0.15) is 11.9 Å². The van der Waals surface area contributed by atoms with Gasteiger partial charge in [-0.1, -0.05) is 18.2 Å². The minimum Gasteiger partial charge on any atom is -0.392 e. The van der Waals surface area contributed by atoms with E-state index in [9.17, 15) is 14.7 Å². The summed E-state index contributed by atoms with van der Waals surface area (Å²) in [5.41, 5.74) is -2.27. The monoisotopic (exact) mass is 224 g/mol. The summed E-state index contributed by atoms with van der Waals surface area (Å²) in [5.74, 6) is -0.454. The Morgan fingerprint density at radius 2 is 2.31 bits per heavy atom. The molecule has 4 heteroatoms. The van der Waals surface area contributed by atoms with Crippen molar-refractivity contribution in [2.75, 3.05) is 6.61 Å². The number of hydrogen-bond donors (Lipinski definition) is 2. The highest BCUT2D eigenvalue weighted by Gasteiger charge is 2.48. The molecule has 0 amide bonds. The van der Waals surface area contributed by atoms with E-state index in [1.54, 1.807) is 12.2 Å². The minimum atomic E-state index is -1.72. The van der Waals surface area contributed by atoms with Crippen LogP contribution in [-0.4, -0.2) is 34.5 Å². The van der Waals surface area contributed by atoms with Gasteiger partial charge in [-0.2, -0.15) is 0 Å². The van der Waals surface area contributed by atoms with Crippen LogP contribution in [0.3, 0.4) is 0 Å². The third-order valence-corrected chi connectivity index (χ3v) is 3.28. The van der Waals surface area contributed by atoms with Crippen LogP contribution in [0.25, 0.3) is 0 Å². The summed E-state index contributed by atoms with van der Waals surface area (Å²) in [7, 11) is 0. The third-order valence-electron chi connectivity index (χ3n) is 3.28. The topological polar surface area (TPSA) is 74.6 Å². The first-order valence-corrected chi connectivity index (χ1v) is 5.08. The third kappa shape index (κ3) is 1.86. The Hall–Kier alpha value is -1.26. The molecule has 2 atom stereocenters. The van der Waals surface area contributed by atoms with Gasteiger partial charge in [-0.25, -0.2) is 0 Å². The number of aliphatic hydroxyl groups is 2. The summed E-state index contributed by atoms with van der Waals surface area (Å²) in [6.45, 7) is 2.48. The van der Waals surface area contributed by atoms with Crippen molar-refractivity contribution in [1.29, 1.82) is 0 Å². The smallest absolute Gasteiger partial charge is 0.162 e. The molecule has 0 bridgehead atoms. The van der Waals surface area contributed by atoms with Gasteiger partial charge in [-0.05, 0) is 25.8 Å². The van der Waals surface area contributed by atoms with E-state index in [1.807, 2.05) is 0 Å². The van der Waals surface area contributed by atoms with Crippen molar-refractivity contribution in [3.05, 3.63) is 23.8 Å². The Bertz CT molecular complexity index is 365. The standard InChI is InChI=1S/C12H16O4/c1-9(15)11(2,16)12(8-14)5-3-10(7-13)4-6-12/h3-5,8,13,16H,6-7H2,1-2H3/t11-,12-/m0/s1. The van der Waals surface area contributed by atoms with Crippen molar-refractivity contribution >= 4 is 12.1 Å². The van der Waals surface area contributed by atoms with E-state index in [-0.39, 0.29) is 13.0 Å². The molecule has 0 aliphatic heterocycles. The highest BCUT2D eigenvalue weighted by Crippen LogP contribution is 2.38. The number of carbonyl (C=O) groups is 2. The van der Waals surface area contributed by atoms with Crippen LogP contribution < -0.4 is 0 Å². The maximum Gasteiger partial charge on any atom is 0.162 e. The molecule has 2 N–H and O–H groups in total. The molecule has 0 aromatic carbocycles. The molecule has 1 rings (SSSR count). The Morgan fingerprint density at radius 1 is 1.69 bits per heavy atom. The van der Waals surface area contributed by atoms with Gasteiger partial charge in [0.05, 0.1) is 12.0 Å². The maximum atomic E-state index is 11.4. The molecule has 0 unspecified atom stereocenters. The fourth-order valence-electron chi connectivity index (χ4n) is 1.70. The zero-order valence-corrected chi connectivity index (χ0v) is 9.43. The van der Waals surface area contributed by atoms with Crippen LogP contribution in [0.5, 0.6) is 0 Å². The lowest BCUT2D eigenvalue weighted by Crippen LogP contribution is -2.51. The average molecular weight is 224 g/mol. The summed E-state index contributed by atoms with van der Waals surface area (Å²) in [5, 5.41) is 19.0. The van der Waals surface area contributed by atoms with Crippen molar-refractivity contribution in [3.8, 4) is 0 Å². The molecule has 0 saturated heterocycles. The fraction of sp³-hybridized carbons (Fsp3) is 0.500. The molecular weight excluding hydrogens is 208 g/mol. The van der Waals surface area contributed by atoms with Crippen LogP contribution >= 0.6 is 0 Å². The number of hydrogen-bond acceptors (Lipinski definition) is 4. The van der Waals surface area contributed by atoms with Crippen LogP contribution in [0.2, 0.25) is 0 Å². The molecule has 0 aromatic rings. The van der Waals surface area contributed by atoms with Crippen LogP contribution in [0.15, 0.2) is 23.8 Å². The number of aldehydes is 1. The second-order valence-corrected chi connectivity index (χ2v) is 4.26. The molecule has 16 heavy (non-hydrogen) atoms. The minimum absolute atomic E-state index is 0.117. The van der Waals surface area contributed by atoms with Gasteiger partial charge in [0.25, 0.3) is 0 Å². The summed E-state index contributed by atoms with van der Waals surface area (Å²) >= 11 is 0. The van der Waals surface area contributed by atoms with E-state index in [0.29, 0.717) is 11.9 Å². The highest BCUT2D eigenvalue weighted by atomic mass is 16.3. The van der Waals surface area contributed by atoms with Crippen LogP contribution in [0.1, 0.15) is 20.3 Å². The largest absolute Gasteiger partial charge is 0.392 e. The van der Waals surface area contributed by atoms with Gasteiger partial charge < -0.3 is 15.0 Å². The lowest BCUT2D eigenvalue weighted by molar-refractivity contribution is -0.149. The zero-order valence-electron chi connectivity index (χ0n) is 9.43. The summed E-state index contributed by atoms with van der Waals surface area (Å²) in [4.78, 5) is 22.5. The van der Waals surface area contributed by atoms with E-state index in [2.05, 4.69) is 0 Å². The molecule has 0 fully saturated rings. The molecule has 88 valence electrons. The van der Waals surface area contributed by atoms with Crippen molar-refractivity contribution in [1.82, 2.24) is 0 Å². The first kappa shape index (κ1) is 12.8. The zero-order chi connectivity index (χ0) is 12.4. The molecule has 0 radical (unpaired) electrons. The quantitative estimate of drug-likeness (QED) is 0.677. The second kappa shape index (κ2) is 4.31. The predicted molar refractivity (Wildman–Crippen MR) is 58.7 cm³/mol. The van der Waals surface area contributed by atoms with Gasteiger partial charge in [0.15, 0.2) is 5.78 Å². The van der Waals surface area contributed by atoms with Gasteiger partial charge in [-0.15, -0.1) is 0 Å². The fourth-order valence-corrected chi connectivity index (χ4v) is 1.70. The van der Waals surface area contributed by atoms with Crippen LogP contribution in [-0.2, 0) is 9.59 Å². The number of carbonyl (C=O) groups excluding carboxylic acids is 2. The van der Waals surface area contributed by atoms with Gasteiger partial charge in [0.2, 0.25) is 0 Å². The Labute approximate surface area is 94.3 Å². The van der Waals surface area contributed by atoms with Crippen molar-refractivity contribution < 1.29 is 19.8 Å². The summed E-state index contributed by atoms with van der Waals surface area (Å²) in [6.07, 6.45) is 5.53. The molecule has 1 aliphatic rings. The molecule has 0 heterocycles. The molecule has 4 nitrogen and oxygen atoms in total. The molecule has 0 saturated carbocycles. The Kier molecular flexibility index (Phi) is 3.45. The number of allylic oxidation sites excluding steroid dienone is 1. The van der Waals surface area contributed by atoms with Crippen molar-refractivity contribution in [3.63, 3.8) is 0 Å². The van der Waals surface area contributed by atoms with Gasteiger partial charge in [0, 0.05) is 0 Å².